The first-order chi connectivity index (χ1) is 15.1. The van der Waals surface area contributed by atoms with Gasteiger partial charge in [-0.15, -0.1) is 0 Å². The van der Waals surface area contributed by atoms with Crippen LogP contribution in [-0.4, -0.2) is 43.3 Å². The van der Waals surface area contributed by atoms with Gasteiger partial charge in [0.15, 0.2) is 11.5 Å². The summed E-state index contributed by atoms with van der Waals surface area (Å²) in [6.45, 7) is 11.8. The zero-order valence-electron chi connectivity index (χ0n) is 20.4. The van der Waals surface area contributed by atoms with Gasteiger partial charge in [-0.05, 0) is 69.9 Å². The lowest BCUT2D eigenvalue weighted by atomic mass is 9.87. The first-order valence-electron chi connectivity index (χ1n) is 11.2. The van der Waals surface area contributed by atoms with Crippen LogP contribution >= 0.6 is 0 Å². The van der Waals surface area contributed by atoms with Gasteiger partial charge in [-0.1, -0.05) is 29.8 Å². The van der Waals surface area contributed by atoms with Gasteiger partial charge in [0.1, 0.15) is 0 Å². The Labute approximate surface area is 192 Å². The van der Waals surface area contributed by atoms with Gasteiger partial charge in [0.2, 0.25) is 0 Å². The summed E-state index contributed by atoms with van der Waals surface area (Å²) in [5.41, 5.74) is 4.62. The zero-order chi connectivity index (χ0) is 23.5. The summed E-state index contributed by atoms with van der Waals surface area (Å²) in [5, 5.41) is 6.19. The number of nitrogens with one attached hydrogen (secondary N) is 2. The maximum Gasteiger partial charge on any atom is 0.315 e. The van der Waals surface area contributed by atoms with Crippen LogP contribution in [0, 0.1) is 6.92 Å². The fourth-order valence-electron chi connectivity index (χ4n) is 4.50. The minimum Gasteiger partial charge on any atom is -0.493 e. The molecule has 2 aromatic carbocycles. The Bertz CT molecular complexity index is 952. The Balaban J connectivity index is 1.96. The van der Waals surface area contributed by atoms with Crippen LogP contribution < -0.4 is 20.1 Å². The van der Waals surface area contributed by atoms with Crippen LogP contribution in [-0.2, 0) is 13.0 Å². The lowest BCUT2D eigenvalue weighted by Crippen LogP contribution is -2.53. The molecule has 2 N–H and O–H groups in total. The van der Waals surface area contributed by atoms with Gasteiger partial charge in [0.25, 0.3) is 0 Å². The molecule has 0 bridgehead atoms. The molecule has 0 aromatic heterocycles. The van der Waals surface area contributed by atoms with Crippen LogP contribution in [0.3, 0.4) is 0 Å². The molecule has 6 heteroatoms. The Morgan fingerprint density at radius 3 is 2.47 bits per heavy atom. The van der Waals surface area contributed by atoms with Crippen LogP contribution in [0.5, 0.6) is 11.5 Å². The van der Waals surface area contributed by atoms with Crippen molar-refractivity contribution in [3.8, 4) is 11.5 Å². The SMILES string of the molecule is COc1cc2c(cc1OC)[C@H]([C@@H](C)NC(=O)NC(C)(C)C)N(Cc1cccc(C)c1)CC2. The summed E-state index contributed by atoms with van der Waals surface area (Å²) in [4.78, 5) is 15.1. The summed E-state index contributed by atoms with van der Waals surface area (Å²) < 4.78 is 11.1. The minimum absolute atomic E-state index is 0.00443. The zero-order valence-corrected chi connectivity index (χ0v) is 20.4. The number of hydrogen-bond acceptors (Lipinski definition) is 4. The van der Waals surface area contributed by atoms with Crippen molar-refractivity contribution in [1.29, 1.82) is 0 Å². The van der Waals surface area contributed by atoms with Gasteiger partial charge in [0.05, 0.1) is 20.3 Å². The van der Waals surface area contributed by atoms with Crippen molar-refractivity contribution < 1.29 is 14.3 Å². The Hall–Kier alpha value is -2.73. The van der Waals surface area contributed by atoms with Crippen LogP contribution in [0.2, 0.25) is 0 Å². The maximum absolute atomic E-state index is 12.7. The van der Waals surface area contributed by atoms with Gasteiger partial charge >= 0.3 is 6.03 Å². The molecule has 1 heterocycles. The first-order valence-corrected chi connectivity index (χ1v) is 11.2. The quantitative estimate of drug-likeness (QED) is 0.691. The molecule has 0 spiro atoms. The van der Waals surface area contributed by atoms with E-state index in [0.717, 1.165) is 25.3 Å². The minimum atomic E-state index is -0.299. The molecule has 2 amide bonds. The Morgan fingerprint density at radius 1 is 1.16 bits per heavy atom. The molecule has 6 nitrogen and oxygen atoms in total. The topological polar surface area (TPSA) is 62.8 Å². The first kappa shape index (κ1) is 23.9. The smallest absolute Gasteiger partial charge is 0.315 e. The van der Waals surface area contributed by atoms with Gasteiger partial charge < -0.3 is 20.1 Å². The highest BCUT2D eigenvalue weighted by Crippen LogP contribution is 2.40. The molecular formula is C26H37N3O3. The van der Waals surface area contributed by atoms with Gasteiger partial charge in [-0.25, -0.2) is 4.79 Å². The largest absolute Gasteiger partial charge is 0.493 e. The van der Waals surface area contributed by atoms with Crippen LogP contribution in [0.25, 0.3) is 0 Å². The van der Waals surface area contributed by atoms with Crippen molar-refractivity contribution in [1.82, 2.24) is 15.5 Å². The van der Waals surface area contributed by atoms with Crippen molar-refractivity contribution in [2.75, 3.05) is 20.8 Å². The fourth-order valence-corrected chi connectivity index (χ4v) is 4.50. The number of nitrogens with zero attached hydrogens (tertiary/aromatic N) is 1. The summed E-state index contributed by atoms with van der Waals surface area (Å²) in [6.07, 6.45) is 0.916. The standard InChI is InChI=1S/C26H37N3O3/c1-17-9-8-10-19(13-17)16-29-12-11-20-14-22(31-6)23(32-7)15-21(20)24(29)18(2)27-25(30)28-26(3,4)5/h8-10,13-15,18,24H,11-12,16H2,1-7H3,(H2,27,28,30)/t18-,24+/m1/s1. The van der Waals surface area contributed by atoms with Crippen LogP contribution in [0.15, 0.2) is 36.4 Å². The van der Waals surface area contributed by atoms with E-state index in [2.05, 4.69) is 65.8 Å². The highest BCUT2D eigenvalue weighted by Gasteiger charge is 2.34. The van der Waals surface area contributed by atoms with Gasteiger partial charge in [-0.3, -0.25) is 4.90 Å². The number of rotatable bonds is 6. The molecule has 32 heavy (non-hydrogen) atoms. The predicted octanol–water partition coefficient (Wildman–Crippen LogP) is 4.60. The lowest BCUT2D eigenvalue weighted by Gasteiger charge is -2.41. The Morgan fingerprint density at radius 2 is 1.84 bits per heavy atom. The third-order valence-electron chi connectivity index (χ3n) is 5.81. The van der Waals surface area contributed by atoms with Crippen LogP contribution in [0.1, 0.15) is 56.0 Å². The number of benzene rings is 2. The number of hydrogen-bond donors (Lipinski definition) is 2. The molecule has 0 saturated carbocycles. The van der Waals surface area contributed by atoms with Gasteiger partial charge in [-0.2, -0.15) is 0 Å². The third kappa shape index (κ3) is 5.74. The predicted molar refractivity (Wildman–Crippen MR) is 128 cm³/mol. The molecule has 0 fully saturated rings. The summed E-state index contributed by atoms with van der Waals surface area (Å²) >= 11 is 0. The number of aryl methyl sites for hydroxylation is 1. The van der Waals surface area contributed by atoms with E-state index in [9.17, 15) is 4.79 Å². The number of methoxy groups -OCH3 is 2. The fraction of sp³-hybridized carbons (Fsp3) is 0.500. The third-order valence-corrected chi connectivity index (χ3v) is 5.81. The van der Waals surface area contributed by atoms with Crippen LogP contribution in [0.4, 0.5) is 4.79 Å². The highest BCUT2D eigenvalue weighted by molar-refractivity contribution is 5.75. The second kappa shape index (κ2) is 9.82. The second-order valence-electron chi connectivity index (χ2n) is 9.70. The molecular weight excluding hydrogens is 402 g/mol. The van der Waals surface area contributed by atoms with E-state index in [1.54, 1.807) is 14.2 Å². The van der Waals surface area contributed by atoms with Crippen molar-refractivity contribution in [2.45, 2.75) is 65.2 Å². The van der Waals surface area contributed by atoms with Crippen molar-refractivity contribution >= 4 is 6.03 Å². The molecule has 0 unspecified atom stereocenters. The van der Waals surface area contributed by atoms with Crippen molar-refractivity contribution in [3.63, 3.8) is 0 Å². The van der Waals surface area contributed by atoms with E-state index in [1.807, 2.05) is 20.8 Å². The van der Waals surface area contributed by atoms with E-state index in [4.69, 9.17) is 9.47 Å². The molecule has 1 aliphatic heterocycles. The summed E-state index contributed by atoms with van der Waals surface area (Å²) in [7, 11) is 3.32. The Kier molecular flexibility index (Phi) is 7.34. The molecule has 2 atom stereocenters. The van der Waals surface area contributed by atoms with E-state index in [0.29, 0.717) is 5.75 Å². The number of urea groups is 1. The highest BCUT2D eigenvalue weighted by atomic mass is 16.5. The monoisotopic (exact) mass is 439 g/mol. The van der Waals surface area contributed by atoms with E-state index in [-0.39, 0.29) is 23.7 Å². The number of carbonyl (C=O) groups is 1. The molecule has 0 aliphatic carbocycles. The number of amides is 2. The normalized spacial score (nSPS) is 17.3. The van der Waals surface area contributed by atoms with Crippen molar-refractivity contribution in [3.05, 3.63) is 58.7 Å². The molecule has 0 saturated heterocycles. The molecule has 1 aliphatic rings. The molecule has 174 valence electrons. The number of fused-ring (bicyclic) bond motifs is 1. The van der Waals surface area contributed by atoms with Crippen molar-refractivity contribution in [2.24, 2.45) is 0 Å². The molecule has 3 rings (SSSR count). The van der Waals surface area contributed by atoms with E-state index in [1.165, 1.54) is 22.3 Å². The van der Waals surface area contributed by atoms with E-state index >= 15 is 0 Å². The molecule has 0 radical (unpaired) electrons. The number of carbonyl (C=O) groups excluding carboxylic acids is 1. The van der Waals surface area contributed by atoms with Gasteiger partial charge in [0, 0.05) is 24.7 Å². The average molecular weight is 440 g/mol. The van der Waals surface area contributed by atoms with E-state index < -0.39 is 0 Å². The number of ether oxygens (including phenoxy) is 2. The average Bonchev–Trinajstić information content (AvgIpc) is 2.71. The summed E-state index contributed by atoms with van der Waals surface area (Å²) in [5.74, 6) is 1.45. The lowest BCUT2D eigenvalue weighted by molar-refractivity contribution is 0.142. The second-order valence-corrected chi connectivity index (χ2v) is 9.70. The summed E-state index contributed by atoms with van der Waals surface area (Å²) in [6, 6.07) is 12.5. The maximum atomic E-state index is 12.7. The molecule has 2 aromatic rings.